The largest absolute Gasteiger partial charge is 0.399 e. The van der Waals surface area contributed by atoms with E-state index in [0.717, 1.165) is 73.9 Å². The van der Waals surface area contributed by atoms with Crippen LogP contribution in [0.25, 0.3) is 10.9 Å². The molecule has 39 heavy (non-hydrogen) atoms. The third-order valence-corrected chi connectivity index (χ3v) is 7.44. The molecule has 1 fully saturated rings. The Morgan fingerprint density at radius 3 is 2.59 bits per heavy atom. The maximum atomic E-state index is 14.0. The van der Waals surface area contributed by atoms with Gasteiger partial charge < -0.3 is 20.5 Å². The predicted octanol–water partition coefficient (Wildman–Crippen LogP) is 5.81. The van der Waals surface area contributed by atoms with Gasteiger partial charge in [0.05, 0.1) is 16.9 Å². The van der Waals surface area contributed by atoms with Gasteiger partial charge in [-0.3, -0.25) is 14.6 Å². The number of rotatable bonds is 12. The van der Waals surface area contributed by atoms with E-state index >= 15 is 0 Å². The van der Waals surface area contributed by atoms with E-state index in [9.17, 15) is 14.0 Å². The average Bonchev–Trinajstić information content (AvgIpc) is 3.71. The summed E-state index contributed by atoms with van der Waals surface area (Å²) < 4.78 is 15.5. The Bertz CT molecular complexity index is 1390. The maximum absolute atomic E-state index is 14.0. The van der Waals surface area contributed by atoms with Crippen molar-refractivity contribution in [3.8, 4) is 0 Å². The Labute approximate surface area is 230 Å². The first-order chi connectivity index (χ1) is 18.6. The molecule has 0 radical (unpaired) electrons. The fourth-order valence-electron chi connectivity index (χ4n) is 5.25. The van der Waals surface area contributed by atoms with Gasteiger partial charge >= 0.3 is 0 Å². The highest BCUT2D eigenvalue weighted by Gasteiger charge is 2.32. The van der Waals surface area contributed by atoms with Gasteiger partial charge in [0, 0.05) is 49.4 Å². The fraction of sp³-hybridized carbons (Fsp3) is 0.516. The number of aromatic nitrogens is 2. The van der Waals surface area contributed by atoms with Crippen LogP contribution in [0.2, 0.25) is 0 Å². The van der Waals surface area contributed by atoms with Crippen LogP contribution < -0.4 is 21.5 Å². The van der Waals surface area contributed by atoms with Crippen LogP contribution in [-0.2, 0) is 13.6 Å². The zero-order chi connectivity index (χ0) is 28.3. The number of halogens is 1. The molecule has 1 amide bonds. The van der Waals surface area contributed by atoms with Crippen LogP contribution in [0.4, 0.5) is 15.8 Å². The van der Waals surface area contributed by atoms with Crippen LogP contribution in [0, 0.1) is 18.7 Å². The van der Waals surface area contributed by atoms with Crippen LogP contribution >= 0.6 is 0 Å². The number of benzene rings is 1. The summed E-state index contributed by atoms with van der Waals surface area (Å²) in [7, 11) is 1.73. The quantitative estimate of drug-likeness (QED) is 0.225. The first-order valence-corrected chi connectivity index (χ1v) is 14.2. The van der Waals surface area contributed by atoms with Gasteiger partial charge in [-0.25, -0.2) is 4.39 Å². The number of nitrogens with one attached hydrogen (secondary N) is 1. The molecule has 0 aliphatic heterocycles. The molecule has 7 nitrogen and oxygen atoms in total. The molecule has 3 aromatic rings. The van der Waals surface area contributed by atoms with Crippen LogP contribution in [0.1, 0.15) is 92.5 Å². The Morgan fingerprint density at radius 1 is 1.21 bits per heavy atom. The lowest BCUT2D eigenvalue weighted by Gasteiger charge is -2.30. The fourth-order valence-corrected chi connectivity index (χ4v) is 5.25. The standard InChI is InChI=1S/C31H42FN5O2/c1-6-7-8-12-37(13-11-19(2)3)28-25-14-20(4)35-27(22-9-10-22)29(25)36(5)31(39)26(28)30(38)34-18-21-15-23(32)17-24(33)16-21/h14-17,19,22H,6-13,18,33H2,1-5H3,(H,34,38). The summed E-state index contributed by atoms with van der Waals surface area (Å²) in [5.41, 5.74) is 9.75. The first kappa shape index (κ1) is 28.6. The second-order valence-electron chi connectivity index (χ2n) is 11.4. The molecule has 1 aliphatic carbocycles. The molecule has 4 rings (SSSR count). The zero-order valence-electron chi connectivity index (χ0n) is 23.9. The second kappa shape index (κ2) is 12.2. The Hall–Kier alpha value is -3.42. The molecular formula is C31H42FN5O2. The smallest absolute Gasteiger partial charge is 0.265 e. The zero-order valence-corrected chi connectivity index (χ0v) is 23.9. The van der Waals surface area contributed by atoms with Crippen molar-refractivity contribution in [2.24, 2.45) is 13.0 Å². The average molecular weight is 536 g/mol. The summed E-state index contributed by atoms with van der Waals surface area (Å²) in [6.45, 7) is 10.1. The van der Waals surface area contributed by atoms with Crippen molar-refractivity contribution < 1.29 is 9.18 Å². The Kier molecular flexibility index (Phi) is 8.93. The van der Waals surface area contributed by atoms with Gasteiger partial charge in [0.15, 0.2) is 0 Å². The molecule has 0 atom stereocenters. The van der Waals surface area contributed by atoms with Gasteiger partial charge in [-0.2, -0.15) is 0 Å². The number of nitrogens with two attached hydrogens (primary N) is 1. The summed E-state index contributed by atoms with van der Waals surface area (Å²) in [4.78, 5) is 34.9. The number of carbonyl (C=O) groups excluding carboxylic acids is 1. The van der Waals surface area contributed by atoms with Crippen molar-refractivity contribution in [3.05, 3.63) is 63.0 Å². The van der Waals surface area contributed by atoms with Crippen molar-refractivity contribution >= 4 is 28.2 Å². The topological polar surface area (TPSA) is 93.3 Å². The monoisotopic (exact) mass is 535 g/mol. The van der Waals surface area contributed by atoms with Crippen molar-refractivity contribution in [1.82, 2.24) is 14.9 Å². The summed E-state index contributed by atoms with van der Waals surface area (Å²) in [6.07, 6.45) is 6.16. The van der Waals surface area contributed by atoms with E-state index in [2.05, 4.69) is 31.0 Å². The minimum atomic E-state index is -0.470. The Balaban J connectivity index is 1.88. The number of nitrogens with zero attached hydrogens (tertiary/aromatic N) is 3. The lowest BCUT2D eigenvalue weighted by Crippen LogP contribution is -2.38. The maximum Gasteiger partial charge on any atom is 0.265 e. The lowest BCUT2D eigenvalue weighted by molar-refractivity contribution is 0.0949. The van der Waals surface area contributed by atoms with Crippen molar-refractivity contribution in [3.63, 3.8) is 0 Å². The number of fused-ring (bicyclic) bond motifs is 1. The number of pyridine rings is 2. The molecule has 210 valence electrons. The third kappa shape index (κ3) is 6.60. The number of anilines is 2. The highest BCUT2D eigenvalue weighted by atomic mass is 19.1. The summed E-state index contributed by atoms with van der Waals surface area (Å²) in [5, 5.41) is 3.77. The summed E-state index contributed by atoms with van der Waals surface area (Å²) >= 11 is 0. The number of unbranched alkanes of at least 4 members (excludes halogenated alkanes) is 2. The molecule has 0 saturated heterocycles. The molecule has 0 unspecified atom stereocenters. The molecule has 0 spiro atoms. The van der Waals surface area contributed by atoms with E-state index in [-0.39, 0.29) is 23.4 Å². The van der Waals surface area contributed by atoms with Gasteiger partial charge in [0.2, 0.25) is 0 Å². The number of nitrogen functional groups attached to an aromatic ring is 1. The van der Waals surface area contributed by atoms with Gasteiger partial charge in [0.25, 0.3) is 11.5 Å². The van der Waals surface area contributed by atoms with E-state index in [1.165, 1.54) is 12.1 Å². The molecule has 0 bridgehead atoms. The van der Waals surface area contributed by atoms with E-state index < -0.39 is 11.7 Å². The number of amides is 1. The minimum absolute atomic E-state index is 0.0615. The van der Waals surface area contributed by atoms with Crippen LogP contribution in [0.5, 0.6) is 0 Å². The predicted molar refractivity (Wildman–Crippen MR) is 157 cm³/mol. The molecule has 3 N–H and O–H groups in total. The minimum Gasteiger partial charge on any atom is -0.399 e. The van der Waals surface area contributed by atoms with E-state index in [1.54, 1.807) is 17.7 Å². The SMILES string of the molecule is CCCCCN(CCC(C)C)c1c(C(=O)NCc2cc(N)cc(F)c2)c(=O)n(C)c2c(C3CC3)nc(C)cc12. The normalized spacial score (nSPS) is 13.3. The van der Waals surface area contributed by atoms with Gasteiger partial charge in [-0.15, -0.1) is 0 Å². The number of aryl methyl sites for hydroxylation is 2. The molecule has 1 aromatic carbocycles. The lowest BCUT2D eigenvalue weighted by atomic mass is 10.0. The Morgan fingerprint density at radius 2 is 1.95 bits per heavy atom. The van der Waals surface area contributed by atoms with Crippen molar-refractivity contribution in [1.29, 1.82) is 0 Å². The highest BCUT2D eigenvalue weighted by Crippen LogP contribution is 2.43. The molecule has 2 heterocycles. The molecule has 8 heteroatoms. The van der Waals surface area contributed by atoms with Crippen molar-refractivity contribution in [2.45, 2.75) is 78.7 Å². The first-order valence-electron chi connectivity index (χ1n) is 14.2. The van der Waals surface area contributed by atoms with Gasteiger partial charge in [-0.1, -0.05) is 33.6 Å². The van der Waals surface area contributed by atoms with Crippen LogP contribution in [0.3, 0.4) is 0 Å². The third-order valence-electron chi connectivity index (χ3n) is 7.44. The number of hydrogen-bond acceptors (Lipinski definition) is 5. The molecule has 1 aliphatic rings. The summed E-state index contributed by atoms with van der Waals surface area (Å²) in [6, 6.07) is 6.22. The van der Waals surface area contributed by atoms with E-state index in [1.807, 2.05) is 13.0 Å². The van der Waals surface area contributed by atoms with Crippen molar-refractivity contribution in [2.75, 3.05) is 23.7 Å². The molecule has 2 aromatic heterocycles. The summed E-state index contributed by atoms with van der Waals surface area (Å²) in [5.74, 6) is -0.124. The van der Waals surface area contributed by atoms with Gasteiger partial charge in [-0.05, 0) is 68.4 Å². The highest BCUT2D eigenvalue weighted by molar-refractivity contribution is 6.08. The van der Waals surface area contributed by atoms with Gasteiger partial charge in [0.1, 0.15) is 11.4 Å². The second-order valence-corrected chi connectivity index (χ2v) is 11.4. The molecule has 1 saturated carbocycles. The van der Waals surface area contributed by atoms with Crippen LogP contribution in [0.15, 0.2) is 29.1 Å². The van der Waals surface area contributed by atoms with E-state index in [4.69, 9.17) is 10.7 Å². The van der Waals surface area contributed by atoms with Crippen LogP contribution in [-0.4, -0.2) is 28.5 Å². The number of carbonyl (C=O) groups is 1. The number of hydrogen-bond donors (Lipinski definition) is 2. The molecular weight excluding hydrogens is 493 g/mol. The van der Waals surface area contributed by atoms with E-state index in [0.29, 0.717) is 23.1 Å².